The van der Waals surface area contributed by atoms with E-state index >= 15 is 0 Å². The molecule has 1 aliphatic rings. The van der Waals surface area contributed by atoms with E-state index in [1.807, 2.05) is 0 Å². The second kappa shape index (κ2) is 8.41. The van der Waals surface area contributed by atoms with Crippen molar-refractivity contribution < 1.29 is 23.5 Å². The zero-order chi connectivity index (χ0) is 20.3. The fourth-order valence-corrected chi connectivity index (χ4v) is 3.62. The highest BCUT2D eigenvalue weighted by Gasteiger charge is 2.29. The van der Waals surface area contributed by atoms with Crippen LogP contribution in [-0.2, 0) is 14.3 Å². The average molecular weight is 403 g/mol. The second-order valence-corrected chi connectivity index (χ2v) is 7.04. The monoisotopic (exact) mass is 403 g/mol. The number of halogens is 1. The highest BCUT2D eigenvalue weighted by molar-refractivity contribution is 8.00. The minimum atomic E-state index is -0.844. The van der Waals surface area contributed by atoms with E-state index in [0.29, 0.717) is 11.4 Å². The molecule has 0 saturated heterocycles. The van der Waals surface area contributed by atoms with Crippen molar-refractivity contribution in [3.63, 3.8) is 0 Å². The number of ether oxygens (including phenoxy) is 1. The zero-order valence-corrected chi connectivity index (χ0v) is 15.8. The topological polar surface area (TPSA) is 102 Å². The van der Waals surface area contributed by atoms with Gasteiger partial charge in [0.25, 0.3) is 5.91 Å². The molecule has 2 amide bonds. The highest BCUT2D eigenvalue weighted by Crippen LogP contribution is 2.38. The van der Waals surface area contributed by atoms with Crippen molar-refractivity contribution in [2.75, 3.05) is 28.8 Å². The first-order chi connectivity index (χ1) is 13.4. The van der Waals surface area contributed by atoms with E-state index in [9.17, 15) is 18.8 Å². The standard InChI is InChI=1S/C19H18FN3O4S/c1-27-19(26)13(21)9-28-10-17(24)23-15-7-6-11(20)8-12(15)18(25)22-14-4-2-3-5-16(14)23/h2-8,13H,9-10,21H2,1H3,(H,22,25)/t13-/m0/s1. The van der Waals surface area contributed by atoms with E-state index in [2.05, 4.69) is 10.1 Å². The van der Waals surface area contributed by atoms with E-state index in [1.54, 1.807) is 24.3 Å². The van der Waals surface area contributed by atoms with Crippen LogP contribution in [0.1, 0.15) is 10.4 Å². The Morgan fingerprint density at radius 2 is 2.00 bits per heavy atom. The second-order valence-electron chi connectivity index (χ2n) is 6.01. The van der Waals surface area contributed by atoms with Gasteiger partial charge in [0.05, 0.1) is 35.5 Å². The summed E-state index contributed by atoms with van der Waals surface area (Å²) in [6.07, 6.45) is 0. The Balaban J connectivity index is 1.91. The summed E-state index contributed by atoms with van der Waals surface area (Å²) in [4.78, 5) is 38.3. The number of thioether (sulfide) groups is 1. The number of carbonyl (C=O) groups is 3. The van der Waals surface area contributed by atoms with Gasteiger partial charge in [0.1, 0.15) is 11.9 Å². The molecule has 146 valence electrons. The molecule has 0 unspecified atom stereocenters. The average Bonchev–Trinajstić information content (AvgIpc) is 2.81. The summed E-state index contributed by atoms with van der Waals surface area (Å²) in [5.41, 5.74) is 6.94. The number of para-hydroxylation sites is 2. The van der Waals surface area contributed by atoms with Crippen molar-refractivity contribution in [2.45, 2.75) is 6.04 Å². The third-order valence-corrected chi connectivity index (χ3v) is 5.16. The summed E-state index contributed by atoms with van der Waals surface area (Å²) in [7, 11) is 1.24. The molecule has 0 aliphatic carbocycles. The maximum atomic E-state index is 13.7. The molecule has 1 aliphatic heterocycles. The number of esters is 1. The maximum Gasteiger partial charge on any atom is 0.323 e. The van der Waals surface area contributed by atoms with E-state index in [4.69, 9.17) is 5.73 Å². The number of carbonyl (C=O) groups excluding carboxylic acids is 3. The molecular formula is C19H18FN3O4S. The van der Waals surface area contributed by atoms with Crippen LogP contribution in [0.4, 0.5) is 21.5 Å². The highest BCUT2D eigenvalue weighted by atomic mass is 32.2. The molecule has 0 spiro atoms. The number of fused-ring (bicyclic) bond motifs is 2. The smallest absolute Gasteiger partial charge is 0.323 e. The van der Waals surface area contributed by atoms with E-state index in [0.717, 1.165) is 6.07 Å². The number of rotatable bonds is 5. The number of anilines is 3. The van der Waals surface area contributed by atoms with Gasteiger partial charge in [0, 0.05) is 5.75 Å². The lowest BCUT2D eigenvalue weighted by atomic mass is 10.1. The molecule has 3 rings (SSSR count). The molecule has 0 bridgehead atoms. The first-order valence-corrected chi connectivity index (χ1v) is 9.52. The Morgan fingerprint density at radius 1 is 1.25 bits per heavy atom. The third-order valence-electron chi connectivity index (χ3n) is 4.11. The van der Waals surface area contributed by atoms with Crippen LogP contribution >= 0.6 is 11.8 Å². The predicted molar refractivity (Wildman–Crippen MR) is 105 cm³/mol. The van der Waals surface area contributed by atoms with Crippen LogP contribution in [0.2, 0.25) is 0 Å². The molecule has 0 radical (unpaired) electrons. The van der Waals surface area contributed by atoms with Crippen LogP contribution in [-0.4, -0.2) is 42.4 Å². The molecule has 1 atom stereocenters. The number of hydrogen-bond acceptors (Lipinski definition) is 6. The minimum Gasteiger partial charge on any atom is -0.468 e. The summed E-state index contributed by atoms with van der Waals surface area (Å²) in [6, 6.07) is 9.66. The van der Waals surface area contributed by atoms with Crippen molar-refractivity contribution in [3.8, 4) is 0 Å². The van der Waals surface area contributed by atoms with Crippen molar-refractivity contribution in [2.24, 2.45) is 5.73 Å². The van der Waals surface area contributed by atoms with Crippen LogP contribution in [0.25, 0.3) is 0 Å². The molecule has 2 aromatic carbocycles. The quantitative estimate of drug-likeness (QED) is 0.743. The number of hydrogen-bond donors (Lipinski definition) is 2. The summed E-state index contributed by atoms with van der Waals surface area (Å²) < 4.78 is 18.3. The van der Waals surface area contributed by atoms with Gasteiger partial charge in [-0.25, -0.2) is 4.39 Å². The van der Waals surface area contributed by atoms with Crippen molar-refractivity contribution in [1.29, 1.82) is 0 Å². The molecule has 1 heterocycles. The summed E-state index contributed by atoms with van der Waals surface area (Å²) >= 11 is 1.17. The van der Waals surface area contributed by atoms with Crippen LogP contribution in [0.15, 0.2) is 42.5 Å². The lowest BCUT2D eigenvalue weighted by Crippen LogP contribution is -2.35. The maximum absolute atomic E-state index is 13.7. The Labute approximate surface area is 165 Å². The summed E-state index contributed by atoms with van der Waals surface area (Å²) in [5, 5.41) is 2.70. The number of benzene rings is 2. The molecule has 0 saturated carbocycles. The van der Waals surface area contributed by atoms with Crippen molar-refractivity contribution in [3.05, 3.63) is 53.8 Å². The van der Waals surface area contributed by atoms with Crippen LogP contribution in [0, 0.1) is 5.82 Å². The predicted octanol–water partition coefficient (Wildman–Crippen LogP) is 2.29. The van der Waals surface area contributed by atoms with Gasteiger partial charge < -0.3 is 15.8 Å². The molecule has 28 heavy (non-hydrogen) atoms. The Morgan fingerprint density at radius 3 is 2.75 bits per heavy atom. The normalized spacial score (nSPS) is 13.7. The Kier molecular flexibility index (Phi) is 5.96. The van der Waals surface area contributed by atoms with Gasteiger partial charge in [-0.3, -0.25) is 19.3 Å². The largest absolute Gasteiger partial charge is 0.468 e. The van der Waals surface area contributed by atoms with Crippen LogP contribution in [0.5, 0.6) is 0 Å². The van der Waals surface area contributed by atoms with E-state index in [1.165, 1.54) is 35.9 Å². The number of nitrogens with zero attached hydrogens (tertiary/aromatic N) is 1. The number of methoxy groups -OCH3 is 1. The fraction of sp³-hybridized carbons (Fsp3) is 0.211. The van der Waals surface area contributed by atoms with Gasteiger partial charge in [-0.1, -0.05) is 12.1 Å². The Bertz CT molecular complexity index is 937. The van der Waals surface area contributed by atoms with E-state index in [-0.39, 0.29) is 28.7 Å². The SMILES string of the molecule is COC(=O)[C@@H](N)CSCC(=O)N1c2ccccc2NC(=O)c2cc(F)ccc21. The summed E-state index contributed by atoms with van der Waals surface area (Å²) in [5.74, 6) is -1.77. The van der Waals surface area contributed by atoms with Crippen molar-refractivity contribution in [1.82, 2.24) is 0 Å². The van der Waals surface area contributed by atoms with Crippen molar-refractivity contribution >= 4 is 46.6 Å². The van der Waals surface area contributed by atoms with Gasteiger partial charge in [-0.15, -0.1) is 11.8 Å². The Hall–Kier alpha value is -2.91. The molecule has 2 aromatic rings. The number of nitrogens with two attached hydrogens (primary N) is 1. The first-order valence-electron chi connectivity index (χ1n) is 8.36. The zero-order valence-electron chi connectivity index (χ0n) is 15.0. The van der Waals surface area contributed by atoms with Crippen LogP contribution < -0.4 is 16.0 Å². The first kappa shape index (κ1) is 19.8. The molecule has 9 heteroatoms. The summed E-state index contributed by atoms with van der Waals surface area (Å²) in [6.45, 7) is 0. The van der Waals surface area contributed by atoms with E-state index < -0.39 is 23.7 Å². The number of amides is 2. The lowest BCUT2D eigenvalue weighted by molar-refractivity contribution is -0.141. The third kappa shape index (κ3) is 4.00. The molecule has 3 N–H and O–H groups in total. The van der Waals surface area contributed by atoms with Gasteiger partial charge >= 0.3 is 5.97 Å². The van der Waals surface area contributed by atoms with Gasteiger partial charge in [-0.05, 0) is 30.3 Å². The molecule has 0 aromatic heterocycles. The molecule has 0 fully saturated rings. The van der Waals surface area contributed by atoms with Gasteiger partial charge in [0.2, 0.25) is 5.91 Å². The fourth-order valence-electron chi connectivity index (χ4n) is 2.80. The minimum absolute atomic E-state index is 0.00400. The van der Waals surface area contributed by atoms with Gasteiger partial charge in [0.15, 0.2) is 0 Å². The van der Waals surface area contributed by atoms with Gasteiger partial charge in [-0.2, -0.15) is 0 Å². The molecular weight excluding hydrogens is 385 g/mol. The van der Waals surface area contributed by atoms with Crippen LogP contribution in [0.3, 0.4) is 0 Å². The lowest BCUT2D eigenvalue weighted by Gasteiger charge is -2.24. The molecule has 7 nitrogen and oxygen atoms in total. The number of nitrogens with one attached hydrogen (secondary N) is 1.